The number of fused-ring (bicyclic) bond motifs is 3. The number of hydrogen-bond donors (Lipinski definition) is 0. The van der Waals surface area contributed by atoms with Crippen LogP contribution in [0.4, 0.5) is 0 Å². The van der Waals surface area contributed by atoms with E-state index in [2.05, 4.69) is 35.2 Å². The van der Waals surface area contributed by atoms with Crippen molar-refractivity contribution in [2.75, 3.05) is 19.6 Å². The number of ether oxygens (including phenoxy) is 1. The van der Waals surface area contributed by atoms with Gasteiger partial charge in [-0.1, -0.05) is 30.3 Å². The average Bonchev–Trinajstić information content (AvgIpc) is 2.39. The van der Waals surface area contributed by atoms with Gasteiger partial charge in [0.1, 0.15) is 6.10 Å². The Kier molecular flexibility index (Phi) is 3.08. The van der Waals surface area contributed by atoms with E-state index in [0.29, 0.717) is 11.8 Å². The highest BCUT2D eigenvalue weighted by Gasteiger charge is 2.43. The van der Waals surface area contributed by atoms with E-state index in [1.54, 1.807) is 0 Å². The fourth-order valence-electron chi connectivity index (χ4n) is 3.43. The predicted molar refractivity (Wildman–Crippen MR) is 69.3 cm³/mol. The van der Waals surface area contributed by atoms with Gasteiger partial charge in [0, 0.05) is 31.8 Å². The van der Waals surface area contributed by atoms with Gasteiger partial charge in [0.25, 0.3) is 0 Å². The summed E-state index contributed by atoms with van der Waals surface area (Å²) in [4.78, 5) is 13.6. The summed E-state index contributed by atoms with van der Waals surface area (Å²) < 4.78 is 5.50. The number of rotatable bonds is 2. The number of carbonyl (C=O) groups excluding carboxylic acids is 1. The Labute approximate surface area is 108 Å². The lowest BCUT2D eigenvalue weighted by molar-refractivity contribution is -0.157. The highest BCUT2D eigenvalue weighted by molar-refractivity contribution is 5.66. The van der Waals surface area contributed by atoms with Crippen LogP contribution in [0.3, 0.4) is 0 Å². The summed E-state index contributed by atoms with van der Waals surface area (Å²) >= 11 is 0. The molecule has 4 rings (SSSR count). The summed E-state index contributed by atoms with van der Waals surface area (Å²) in [5, 5.41) is 0. The Hall–Kier alpha value is -1.35. The SMILES string of the molecule is CC(=O)O[C@@H]1CN2CC[C@H]1[C@@H](c1ccccc1)C2. The number of benzene rings is 1. The topological polar surface area (TPSA) is 29.5 Å². The van der Waals surface area contributed by atoms with Gasteiger partial charge in [-0.15, -0.1) is 0 Å². The minimum absolute atomic E-state index is 0.0789. The van der Waals surface area contributed by atoms with Crippen molar-refractivity contribution < 1.29 is 9.53 Å². The van der Waals surface area contributed by atoms with E-state index < -0.39 is 0 Å². The third-order valence-electron chi connectivity index (χ3n) is 4.21. The minimum atomic E-state index is -0.152. The van der Waals surface area contributed by atoms with Crippen LogP contribution >= 0.6 is 0 Å². The lowest BCUT2D eigenvalue weighted by atomic mass is 9.74. The first-order valence-electron chi connectivity index (χ1n) is 6.68. The molecule has 1 aromatic carbocycles. The predicted octanol–water partition coefficient (Wildman–Crippen LogP) is 2.04. The fraction of sp³-hybridized carbons (Fsp3) is 0.533. The number of carbonyl (C=O) groups is 1. The largest absolute Gasteiger partial charge is 0.461 e. The zero-order chi connectivity index (χ0) is 12.5. The molecule has 3 fully saturated rings. The summed E-state index contributed by atoms with van der Waals surface area (Å²) in [6, 6.07) is 10.6. The van der Waals surface area contributed by atoms with Crippen molar-refractivity contribution in [3.8, 4) is 0 Å². The molecule has 3 saturated heterocycles. The minimum Gasteiger partial charge on any atom is -0.461 e. The molecule has 0 radical (unpaired) electrons. The molecule has 3 aliphatic rings. The Morgan fingerprint density at radius 1 is 1.28 bits per heavy atom. The molecule has 18 heavy (non-hydrogen) atoms. The van der Waals surface area contributed by atoms with Crippen LogP contribution in [0.15, 0.2) is 30.3 Å². The van der Waals surface area contributed by atoms with Gasteiger partial charge in [0.15, 0.2) is 0 Å². The van der Waals surface area contributed by atoms with Gasteiger partial charge in [-0.05, 0) is 18.5 Å². The molecular weight excluding hydrogens is 226 g/mol. The molecule has 0 spiro atoms. The first-order chi connectivity index (χ1) is 8.74. The van der Waals surface area contributed by atoms with Crippen molar-refractivity contribution in [3.63, 3.8) is 0 Å². The zero-order valence-corrected chi connectivity index (χ0v) is 10.7. The summed E-state index contributed by atoms with van der Waals surface area (Å²) in [6.07, 6.45) is 1.22. The standard InChI is InChI=1S/C15H19NO2/c1-11(17)18-15-10-16-8-7-13(15)14(9-16)12-5-3-2-4-6-12/h2-6,13-15H,7-10H2,1H3/t13-,14+,15+/m0/s1. The van der Waals surface area contributed by atoms with Crippen LogP contribution in [0.5, 0.6) is 0 Å². The summed E-state index contributed by atoms with van der Waals surface area (Å²) in [5.74, 6) is 0.847. The molecule has 3 heterocycles. The lowest BCUT2D eigenvalue weighted by Crippen LogP contribution is -2.55. The van der Waals surface area contributed by atoms with Crippen LogP contribution in [0, 0.1) is 5.92 Å². The van der Waals surface area contributed by atoms with E-state index >= 15 is 0 Å². The molecule has 0 aliphatic carbocycles. The third-order valence-corrected chi connectivity index (χ3v) is 4.21. The highest BCUT2D eigenvalue weighted by Crippen LogP contribution is 2.40. The Morgan fingerprint density at radius 3 is 2.72 bits per heavy atom. The maximum Gasteiger partial charge on any atom is 0.302 e. The van der Waals surface area contributed by atoms with Gasteiger partial charge in [-0.25, -0.2) is 0 Å². The summed E-state index contributed by atoms with van der Waals surface area (Å²) in [5.41, 5.74) is 1.38. The molecular formula is C15H19NO2. The van der Waals surface area contributed by atoms with Gasteiger partial charge in [0.05, 0.1) is 0 Å². The van der Waals surface area contributed by atoms with Gasteiger partial charge in [0.2, 0.25) is 0 Å². The van der Waals surface area contributed by atoms with Gasteiger partial charge >= 0.3 is 5.97 Å². The molecule has 3 nitrogen and oxygen atoms in total. The monoisotopic (exact) mass is 245 g/mol. The number of piperidine rings is 3. The number of esters is 1. The Bertz CT molecular complexity index is 431. The average molecular weight is 245 g/mol. The quantitative estimate of drug-likeness (QED) is 0.747. The molecule has 0 amide bonds. The van der Waals surface area contributed by atoms with Gasteiger partial charge in [-0.2, -0.15) is 0 Å². The second-order valence-corrected chi connectivity index (χ2v) is 5.38. The maximum absolute atomic E-state index is 11.2. The van der Waals surface area contributed by atoms with Crippen molar-refractivity contribution in [2.24, 2.45) is 5.92 Å². The van der Waals surface area contributed by atoms with Gasteiger partial charge < -0.3 is 4.74 Å². The number of nitrogens with zero attached hydrogens (tertiary/aromatic N) is 1. The van der Waals surface area contributed by atoms with Crippen LogP contribution in [-0.4, -0.2) is 36.6 Å². The normalized spacial score (nSPS) is 34.3. The van der Waals surface area contributed by atoms with Crippen molar-refractivity contribution in [1.29, 1.82) is 0 Å². The van der Waals surface area contributed by atoms with Crippen LogP contribution in [0.1, 0.15) is 24.8 Å². The molecule has 0 saturated carbocycles. The van der Waals surface area contributed by atoms with Crippen molar-refractivity contribution in [3.05, 3.63) is 35.9 Å². The van der Waals surface area contributed by atoms with E-state index in [1.807, 2.05) is 0 Å². The molecule has 0 N–H and O–H groups in total. The molecule has 1 unspecified atom stereocenters. The third kappa shape index (κ3) is 2.15. The van der Waals surface area contributed by atoms with Crippen LogP contribution < -0.4 is 0 Å². The van der Waals surface area contributed by atoms with Crippen LogP contribution in [-0.2, 0) is 9.53 Å². The fourth-order valence-corrected chi connectivity index (χ4v) is 3.43. The summed E-state index contributed by atoms with van der Waals surface area (Å²) in [6.45, 7) is 4.67. The number of hydrogen-bond acceptors (Lipinski definition) is 3. The zero-order valence-electron chi connectivity index (χ0n) is 10.7. The van der Waals surface area contributed by atoms with E-state index in [4.69, 9.17) is 4.74 Å². The molecule has 3 heteroatoms. The van der Waals surface area contributed by atoms with Crippen molar-refractivity contribution in [1.82, 2.24) is 4.90 Å². The van der Waals surface area contributed by atoms with Crippen LogP contribution in [0.2, 0.25) is 0 Å². The van der Waals surface area contributed by atoms with Crippen molar-refractivity contribution in [2.45, 2.75) is 25.4 Å². The van der Waals surface area contributed by atoms with E-state index in [0.717, 1.165) is 26.1 Å². The van der Waals surface area contributed by atoms with Gasteiger partial charge in [-0.3, -0.25) is 9.69 Å². The highest BCUT2D eigenvalue weighted by atomic mass is 16.5. The molecule has 0 aromatic heterocycles. The first kappa shape index (κ1) is 11.7. The molecule has 1 aromatic rings. The molecule has 3 aliphatic heterocycles. The Morgan fingerprint density at radius 2 is 2.06 bits per heavy atom. The second kappa shape index (κ2) is 4.73. The van der Waals surface area contributed by atoms with Crippen molar-refractivity contribution >= 4 is 5.97 Å². The maximum atomic E-state index is 11.2. The summed E-state index contributed by atoms with van der Waals surface area (Å²) in [7, 11) is 0. The molecule has 2 bridgehead atoms. The van der Waals surface area contributed by atoms with E-state index in [-0.39, 0.29) is 12.1 Å². The second-order valence-electron chi connectivity index (χ2n) is 5.38. The Balaban J connectivity index is 1.82. The molecule has 4 atom stereocenters. The first-order valence-corrected chi connectivity index (χ1v) is 6.68. The van der Waals surface area contributed by atoms with Crippen LogP contribution in [0.25, 0.3) is 0 Å². The lowest BCUT2D eigenvalue weighted by Gasteiger charge is -2.49. The molecule has 96 valence electrons. The smallest absolute Gasteiger partial charge is 0.302 e. The van der Waals surface area contributed by atoms with E-state index in [9.17, 15) is 4.79 Å². The van der Waals surface area contributed by atoms with E-state index in [1.165, 1.54) is 12.5 Å².